The first kappa shape index (κ1) is 18.7. The summed E-state index contributed by atoms with van der Waals surface area (Å²) in [6.07, 6.45) is 3.23. The van der Waals surface area contributed by atoms with Gasteiger partial charge in [0.05, 0.1) is 0 Å². The zero-order valence-corrected chi connectivity index (χ0v) is 15.0. The Balaban J connectivity index is 2.06. The van der Waals surface area contributed by atoms with Crippen molar-refractivity contribution in [2.75, 3.05) is 32.5 Å². The van der Waals surface area contributed by atoms with Crippen LogP contribution in [0.4, 0.5) is 5.69 Å². The van der Waals surface area contributed by atoms with E-state index < -0.39 is 0 Å². The van der Waals surface area contributed by atoms with Crippen LogP contribution in [0.25, 0.3) is 0 Å². The summed E-state index contributed by atoms with van der Waals surface area (Å²) < 4.78 is 0. The normalized spacial score (nSPS) is 16.2. The van der Waals surface area contributed by atoms with Crippen molar-refractivity contribution >= 4 is 17.4 Å². The average Bonchev–Trinajstić information content (AvgIpc) is 2.62. The summed E-state index contributed by atoms with van der Waals surface area (Å²) in [6, 6.07) is 9.08. The number of likely N-dealkylation sites (tertiary alicyclic amines) is 1. The Morgan fingerprint density at radius 3 is 2.64 bits per heavy atom. The van der Waals surface area contributed by atoms with Gasteiger partial charge >= 0.3 is 0 Å². The molecule has 1 aliphatic heterocycles. The molecule has 1 fully saturated rings. The third-order valence-electron chi connectivity index (χ3n) is 4.56. The van der Waals surface area contributed by atoms with Crippen molar-refractivity contribution in [3.05, 3.63) is 41.6 Å². The summed E-state index contributed by atoms with van der Waals surface area (Å²) in [5.74, 6) is -0.321. The molecule has 1 aromatic rings. The Bertz CT molecular complexity index is 712. The summed E-state index contributed by atoms with van der Waals surface area (Å²) in [6.45, 7) is 3.39. The van der Waals surface area contributed by atoms with E-state index in [1.54, 1.807) is 36.2 Å². The minimum Gasteiger partial charge on any atom is -0.360 e. The highest BCUT2D eigenvalue weighted by Crippen LogP contribution is 2.17. The Morgan fingerprint density at radius 1 is 1.36 bits per heavy atom. The van der Waals surface area contributed by atoms with Gasteiger partial charge in [0.1, 0.15) is 11.6 Å². The van der Waals surface area contributed by atoms with Crippen molar-refractivity contribution in [2.24, 2.45) is 0 Å². The van der Waals surface area contributed by atoms with Crippen LogP contribution >= 0.6 is 0 Å². The lowest BCUT2D eigenvalue weighted by molar-refractivity contribution is -0.128. The highest BCUT2D eigenvalue weighted by atomic mass is 16.2. The van der Waals surface area contributed by atoms with Crippen LogP contribution < -0.4 is 5.32 Å². The van der Waals surface area contributed by atoms with Crippen molar-refractivity contribution in [3.63, 3.8) is 0 Å². The third kappa shape index (κ3) is 4.91. The van der Waals surface area contributed by atoms with Crippen LogP contribution in [0.5, 0.6) is 0 Å². The molecule has 2 rings (SSSR count). The quantitative estimate of drug-likeness (QED) is 0.505. The van der Waals surface area contributed by atoms with E-state index >= 15 is 0 Å². The number of hydrogen-bond donors (Lipinski definition) is 1. The van der Waals surface area contributed by atoms with Crippen LogP contribution in [-0.4, -0.2) is 54.7 Å². The van der Waals surface area contributed by atoms with E-state index in [1.165, 1.54) is 13.1 Å². The number of hydrogen-bond acceptors (Lipinski definition) is 5. The zero-order chi connectivity index (χ0) is 18.4. The number of nitrogens with one attached hydrogen (secondary N) is 1. The van der Waals surface area contributed by atoms with Gasteiger partial charge in [0.15, 0.2) is 5.78 Å². The molecule has 0 aromatic heterocycles. The molecule has 0 bridgehead atoms. The third-order valence-corrected chi connectivity index (χ3v) is 4.56. The zero-order valence-electron chi connectivity index (χ0n) is 15.0. The maximum absolute atomic E-state index is 12.6. The molecule has 0 unspecified atom stereocenters. The summed E-state index contributed by atoms with van der Waals surface area (Å²) >= 11 is 0. The number of nitriles is 1. The van der Waals surface area contributed by atoms with Crippen LogP contribution in [0, 0.1) is 11.3 Å². The number of rotatable bonds is 5. The SMILES string of the molecule is CC(=O)c1cccc(N/C=C(/C#N)C(=O)N(C)C2CCN(C)CC2)c1. The number of ketones is 1. The fourth-order valence-corrected chi connectivity index (χ4v) is 2.86. The topological polar surface area (TPSA) is 76.4 Å². The molecule has 6 heteroatoms. The first-order valence-electron chi connectivity index (χ1n) is 8.36. The first-order chi connectivity index (χ1) is 11.9. The second kappa shape index (κ2) is 8.45. The molecule has 0 spiro atoms. The molecular formula is C19H24N4O2. The number of piperidine rings is 1. The second-order valence-electron chi connectivity index (χ2n) is 6.40. The maximum Gasteiger partial charge on any atom is 0.266 e. The van der Waals surface area contributed by atoms with Gasteiger partial charge in [0.25, 0.3) is 5.91 Å². The van der Waals surface area contributed by atoms with Crippen molar-refractivity contribution in [1.29, 1.82) is 5.26 Å². The Kier molecular flexibility index (Phi) is 6.31. The first-order valence-corrected chi connectivity index (χ1v) is 8.36. The highest BCUT2D eigenvalue weighted by molar-refractivity contribution is 5.98. The Labute approximate surface area is 148 Å². The molecule has 0 atom stereocenters. The molecule has 1 N–H and O–H groups in total. The van der Waals surface area contributed by atoms with Gasteiger partial charge in [-0.2, -0.15) is 5.26 Å². The van der Waals surface area contributed by atoms with Crippen LogP contribution in [0.3, 0.4) is 0 Å². The number of nitrogens with zero attached hydrogens (tertiary/aromatic N) is 3. The molecule has 132 valence electrons. The van der Waals surface area contributed by atoms with Gasteiger partial charge in [-0.1, -0.05) is 12.1 Å². The van der Waals surface area contributed by atoms with E-state index in [2.05, 4.69) is 17.3 Å². The minimum absolute atomic E-state index is 0.0359. The van der Waals surface area contributed by atoms with Gasteiger partial charge < -0.3 is 15.1 Å². The fourth-order valence-electron chi connectivity index (χ4n) is 2.86. The molecule has 1 amide bonds. The van der Waals surface area contributed by atoms with E-state index in [4.69, 9.17) is 0 Å². The molecule has 0 radical (unpaired) electrons. The van der Waals surface area contributed by atoms with Crippen LogP contribution in [-0.2, 0) is 4.79 Å². The van der Waals surface area contributed by atoms with Gasteiger partial charge in [-0.05, 0) is 52.0 Å². The van der Waals surface area contributed by atoms with Crippen molar-refractivity contribution < 1.29 is 9.59 Å². The van der Waals surface area contributed by atoms with Gasteiger partial charge in [0.2, 0.25) is 0 Å². The molecule has 25 heavy (non-hydrogen) atoms. The number of Topliss-reactive ketones (excluding diaryl/α,β-unsaturated/α-hetero) is 1. The number of benzene rings is 1. The minimum atomic E-state index is -0.285. The monoisotopic (exact) mass is 340 g/mol. The van der Waals surface area contributed by atoms with Gasteiger partial charge in [-0.3, -0.25) is 9.59 Å². The van der Waals surface area contributed by atoms with Gasteiger partial charge in [-0.25, -0.2) is 0 Å². The lowest BCUT2D eigenvalue weighted by Crippen LogP contribution is -2.44. The van der Waals surface area contributed by atoms with Gasteiger partial charge in [-0.15, -0.1) is 0 Å². The molecular weight excluding hydrogens is 316 g/mol. The van der Waals surface area contributed by atoms with E-state index in [1.807, 2.05) is 6.07 Å². The summed E-state index contributed by atoms with van der Waals surface area (Å²) in [5, 5.41) is 12.3. The number of amides is 1. The molecule has 0 aliphatic carbocycles. The molecule has 1 aliphatic rings. The molecule has 1 heterocycles. The van der Waals surface area contributed by atoms with E-state index in [0.717, 1.165) is 25.9 Å². The largest absolute Gasteiger partial charge is 0.360 e. The van der Waals surface area contributed by atoms with Crippen LogP contribution in [0.15, 0.2) is 36.0 Å². The van der Waals surface area contributed by atoms with E-state index in [0.29, 0.717) is 11.3 Å². The summed E-state index contributed by atoms with van der Waals surface area (Å²) in [4.78, 5) is 27.9. The molecule has 1 saturated heterocycles. The van der Waals surface area contributed by atoms with Crippen LogP contribution in [0.1, 0.15) is 30.1 Å². The van der Waals surface area contributed by atoms with E-state index in [-0.39, 0.29) is 23.3 Å². The lowest BCUT2D eigenvalue weighted by atomic mass is 10.0. The van der Waals surface area contributed by atoms with E-state index in [9.17, 15) is 14.9 Å². The maximum atomic E-state index is 12.6. The van der Waals surface area contributed by atoms with Crippen LogP contribution in [0.2, 0.25) is 0 Å². The summed E-state index contributed by atoms with van der Waals surface area (Å²) in [7, 11) is 3.82. The van der Waals surface area contributed by atoms with Crippen molar-refractivity contribution in [2.45, 2.75) is 25.8 Å². The molecule has 1 aromatic carbocycles. The predicted molar refractivity (Wildman–Crippen MR) is 97.1 cm³/mol. The average molecular weight is 340 g/mol. The number of carbonyl (C=O) groups excluding carboxylic acids is 2. The van der Waals surface area contributed by atoms with Crippen molar-refractivity contribution in [3.8, 4) is 6.07 Å². The Hall–Kier alpha value is -2.65. The molecule has 0 saturated carbocycles. The molecule has 6 nitrogen and oxygen atoms in total. The number of anilines is 1. The lowest BCUT2D eigenvalue weighted by Gasteiger charge is -2.34. The smallest absolute Gasteiger partial charge is 0.266 e. The highest BCUT2D eigenvalue weighted by Gasteiger charge is 2.25. The van der Waals surface area contributed by atoms with Gasteiger partial charge in [0, 0.05) is 30.5 Å². The Morgan fingerprint density at radius 2 is 2.04 bits per heavy atom. The standard InChI is InChI=1S/C19H24N4O2/c1-14(24)15-5-4-6-17(11-15)21-13-16(12-20)19(25)23(3)18-7-9-22(2)10-8-18/h4-6,11,13,18,21H,7-10H2,1-3H3/b16-13-. The second-order valence-corrected chi connectivity index (χ2v) is 6.40. The summed E-state index contributed by atoms with van der Waals surface area (Å²) in [5.41, 5.74) is 1.29. The fraction of sp³-hybridized carbons (Fsp3) is 0.421. The predicted octanol–water partition coefficient (Wildman–Crippen LogP) is 2.26. The number of carbonyl (C=O) groups is 2. The van der Waals surface area contributed by atoms with Crippen molar-refractivity contribution in [1.82, 2.24) is 9.80 Å². The number of likely N-dealkylation sites (N-methyl/N-ethyl adjacent to an activating group) is 1.